The van der Waals surface area contributed by atoms with Gasteiger partial charge in [0.05, 0.1) is 5.69 Å². The van der Waals surface area contributed by atoms with Crippen LogP contribution < -0.4 is 5.01 Å². The van der Waals surface area contributed by atoms with Crippen molar-refractivity contribution in [1.82, 2.24) is 5.12 Å². The van der Waals surface area contributed by atoms with Crippen molar-refractivity contribution < 1.29 is 0 Å². The summed E-state index contributed by atoms with van der Waals surface area (Å²) in [5, 5.41) is 4.56. The van der Waals surface area contributed by atoms with E-state index in [1.54, 1.807) is 0 Å². The van der Waals surface area contributed by atoms with E-state index in [2.05, 4.69) is 88.1 Å². The molecule has 28 heavy (non-hydrogen) atoms. The van der Waals surface area contributed by atoms with E-state index in [1.807, 2.05) is 0 Å². The first-order valence-corrected chi connectivity index (χ1v) is 10.8. The standard InChI is InChI=1S/C25H34N3/c1-7-13-24(3,4)22-16-19-18-11-9-10-12-20(18)25(5,6)21(19)17-23(22)27-15-14-26-28(27)8-2/h9-12,16-17H,7-8,13-15H2,1-6H3/q-1. The highest BCUT2D eigenvalue weighted by molar-refractivity contribution is 5.84. The van der Waals surface area contributed by atoms with Gasteiger partial charge in [0.1, 0.15) is 0 Å². The summed E-state index contributed by atoms with van der Waals surface area (Å²) in [4.78, 5) is 0. The Hall–Kier alpha value is -1.84. The number of hydrogen-bond donors (Lipinski definition) is 0. The molecule has 0 atom stereocenters. The summed E-state index contributed by atoms with van der Waals surface area (Å²) in [7, 11) is 0. The van der Waals surface area contributed by atoms with Crippen molar-refractivity contribution in [3.63, 3.8) is 0 Å². The van der Waals surface area contributed by atoms with Crippen LogP contribution in [0.3, 0.4) is 0 Å². The first kappa shape index (κ1) is 19.5. The smallest absolute Gasteiger partial charge is 0.0545 e. The molecule has 0 bridgehead atoms. The third-order valence-corrected chi connectivity index (χ3v) is 6.72. The Morgan fingerprint density at radius 2 is 1.79 bits per heavy atom. The van der Waals surface area contributed by atoms with Crippen molar-refractivity contribution in [3.05, 3.63) is 58.5 Å². The van der Waals surface area contributed by atoms with Gasteiger partial charge in [-0.05, 0) is 58.3 Å². The van der Waals surface area contributed by atoms with Gasteiger partial charge in [-0.3, -0.25) is 0 Å². The van der Waals surface area contributed by atoms with E-state index in [0.29, 0.717) is 0 Å². The Labute approximate surface area is 170 Å². The van der Waals surface area contributed by atoms with Gasteiger partial charge in [-0.15, -0.1) is 6.54 Å². The first-order chi connectivity index (χ1) is 13.3. The highest BCUT2D eigenvalue weighted by Crippen LogP contribution is 2.52. The predicted octanol–water partition coefficient (Wildman–Crippen LogP) is 6.42. The molecule has 0 unspecified atom stereocenters. The van der Waals surface area contributed by atoms with Crippen molar-refractivity contribution in [1.29, 1.82) is 0 Å². The Kier molecular flexibility index (Phi) is 4.79. The predicted molar refractivity (Wildman–Crippen MR) is 120 cm³/mol. The van der Waals surface area contributed by atoms with Gasteiger partial charge >= 0.3 is 0 Å². The van der Waals surface area contributed by atoms with Crippen LogP contribution in [0, 0.1) is 0 Å². The molecule has 2 aromatic rings. The van der Waals surface area contributed by atoms with Gasteiger partial charge in [0.15, 0.2) is 0 Å². The summed E-state index contributed by atoms with van der Waals surface area (Å²) in [5.74, 6) is 0. The van der Waals surface area contributed by atoms with Crippen LogP contribution in [-0.4, -0.2) is 24.8 Å². The molecule has 2 aromatic carbocycles. The highest BCUT2D eigenvalue weighted by Gasteiger charge is 2.38. The number of fused-ring (bicyclic) bond motifs is 3. The fraction of sp³-hybridized carbons (Fsp3) is 0.520. The summed E-state index contributed by atoms with van der Waals surface area (Å²) in [5.41, 5.74) is 13.4. The topological polar surface area (TPSA) is 20.6 Å². The SMILES string of the molecule is CCCC(C)(C)c1cc2c(cc1N1CC[N-]N1CC)C(C)(C)c1ccccc1-2. The molecule has 0 saturated carbocycles. The molecule has 3 nitrogen and oxygen atoms in total. The molecule has 1 fully saturated rings. The number of nitrogens with zero attached hydrogens (tertiary/aromatic N) is 3. The first-order valence-electron chi connectivity index (χ1n) is 10.8. The van der Waals surface area contributed by atoms with Crippen molar-refractivity contribution in [2.45, 2.75) is 65.2 Å². The van der Waals surface area contributed by atoms with Gasteiger partial charge < -0.3 is 15.6 Å². The van der Waals surface area contributed by atoms with E-state index < -0.39 is 0 Å². The number of rotatable bonds is 5. The average molecular weight is 377 g/mol. The maximum atomic E-state index is 4.71. The second-order valence-corrected chi connectivity index (χ2v) is 9.40. The van der Waals surface area contributed by atoms with Crippen LogP contribution >= 0.6 is 0 Å². The molecule has 1 aliphatic heterocycles. The maximum absolute atomic E-state index is 4.71. The summed E-state index contributed by atoms with van der Waals surface area (Å²) < 4.78 is 0. The Morgan fingerprint density at radius 3 is 2.50 bits per heavy atom. The second kappa shape index (κ2) is 6.89. The van der Waals surface area contributed by atoms with Crippen LogP contribution in [0.1, 0.15) is 71.1 Å². The van der Waals surface area contributed by atoms with Crippen LogP contribution in [0.5, 0.6) is 0 Å². The van der Waals surface area contributed by atoms with Crippen LogP contribution in [0.15, 0.2) is 36.4 Å². The molecule has 0 N–H and O–H groups in total. The lowest BCUT2D eigenvalue weighted by molar-refractivity contribution is 0.378. The van der Waals surface area contributed by atoms with Gasteiger partial charge in [-0.1, -0.05) is 72.2 Å². The largest absolute Gasteiger partial charge is 0.573 e. The zero-order valence-corrected chi connectivity index (χ0v) is 18.3. The minimum Gasteiger partial charge on any atom is -0.573 e. The fourth-order valence-corrected chi connectivity index (χ4v) is 5.21. The molecule has 0 aromatic heterocycles. The van der Waals surface area contributed by atoms with Crippen molar-refractivity contribution in [2.75, 3.05) is 24.6 Å². The Balaban J connectivity index is 1.96. The van der Waals surface area contributed by atoms with Gasteiger partial charge in [0.2, 0.25) is 0 Å². The normalized spacial score (nSPS) is 18.4. The average Bonchev–Trinajstić information content (AvgIpc) is 3.23. The Bertz CT molecular complexity index is 881. The summed E-state index contributed by atoms with van der Waals surface area (Å²) in [6.45, 7) is 16.8. The van der Waals surface area contributed by atoms with Gasteiger partial charge in [-0.25, -0.2) is 0 Å². The number of anilines is 1. The monoisotopic (exact) mass is 376 g/mol. The second-order valence-electron chi connectivity index (χ2n) is 9.40. The number of hydrogen-bond acceptors (Lipinski definition) is 2. The number of hydrazine groups is 1. The minimum absolute atomic E-state index is 0.0298. The molecule has 2 aliphatic rings. The van der Waals surface area contributed by atoms with Crippen LogP contribution in [-0.2, 0) is 10.8 Å². The van der Waals surface area contributed by atoms with Crippen molar-refractivity contribution >= 4 is 5.69 Å². The molecule has 0 spiro atoms. The lowest BCUT2D eigenvalue weighted by atomic mass is 9.76. The zero-order chi connectivity index (χ0) is 20.1. The third kappa shape index (κ3) is 2.87. The molecular formula is C25H34N3-. The maximum Gasteiger partial charge on any atom is 0.0545 e. The summed E-state index contributed by atoms with van der Waals surface area (Å²) in [6, 6.07) is 13.9. The third-order valence-electron chi connectivity index (χ3n) is 6.72. The van der Waals surface area contributed by atoms with E-state index in [1.165, 1.54) is 46.3 Å². The lowest BCUT2D eigenvalue weighted by Crippen LogP contribution is -2.36. The van der Waals surface area contributed by atoms with E-state index >= 15 is 0 Å². The lowest BCUT2D eigenvalue weighted by Gasteiger charge is -2.41. The molecule has 3 heteroatoms. The molecule has 1 aliphatic carbocycles. The summed E-state index contributed by atoms with van der Waals surface area (Å²) in [6.07, 6.45) is 2.37. The Morgan fingerprint density at radius 1 is 1.04 bits per heavy atom. The van der Waals surface area contributed by atoms with Crippen molar-refractivity contribution in [2.24, 2.45) is 0 Å². The van der Waals surface area contributed by atoms with Crippen molar-refractivity contribution in [3.8, 4) is 11.1 Å². The quantitative estimate of drug-likeness (QED) is 0.600. The molecule has 0 radical (unpaired) electrons. The van der Waals surface area contributed by atoms with Crippen LogP contribution in [0.2, 0.25) is 0 Å². The van der Waals surface area contributed by atoms with E-state index in [4.69, 9.17) is 5.43 Å². The van der Waals surface area contributed by atoms with E-state index in [-0.39, 0.29) is 10.8 Å². The van der Waals surface area contributed by atoms with E-state index in [9.17, 15) is 0 Å². The van der Waals surface area contributed by atoms with Gasteiger partial charge in [0.25, 0.3) is 0 Å². The fourth-order valence-electron chi connectivity index (χ4n) is 5.21. The zero-order valence-electron chi connectivity index (χ0n) is 18.3. The van der Waals surface area contributed by atoms with Crippen LogP contribution in [0.25, 0.3) is 16.6 Å². The van der Waals surface area contributed by atoms with Gasteiger partial charge in [0, 0.05) is 12.0 Å². The molecule has 1 saturated heterocycles. The van der Waals surface area contributed by atoms with E-state index in [0.717, 1.165) is 19.6 Å². The molecular weight excluding hydrogens is 342 g/mol. The highest BCUT2D eigenvalue weighted by atomic mass is 15.8. The molecule has 1 heterocycles. The van der Waals surface area contributed by atoms with Gasteiger partial charge in [-0.2, -0.15) is 0 Å². The minimum atomic E-state index is 0.0298. The molecule has 0 amide bonds. The molecule has 150 valence electrons. The van der Waals surface area contributed by atoms with Crippen LogP contribution in [0.4, 0.5) is 5.69 Å². The molecule has 4 rings (SSSR count). The summed E-state index contributed by atoms with van der Waals surface area (Å²) >= 11 is 0. The number of benzene rings is 2.